The number of amides is 1. The second-order valence-corrected chi connectivity index (χ2v) is 7.14. The number of carboxylic acids is 1. The summed E-state index contributed by atoms with van der Waals surface area (Å²) in [5, 5.41) is 22.9. The molecular formula is C23H18N4O5. The molecule has 1 heterocycles. The lowest BCUT2D eigenvalue weighted by atomic mass is 10.0. The normalized spacial score (nSPS) is 11.8. The van der Waals surface area contributed by atoms with Crippen molar-refractivity contribution < 1.29 is 19.6 Å². The van der Waals surface area contributed by atoms with E-state index >= 15 is 0 Å². The van der Waals surface area contributed by atoms with Crippen molar-refractivity contribution in [3.8, 4) is 0 Å². The molecule has 0 saturated carbocycles. The lowest BCUT2D eigenvalue weighted by Gasteiger charge is -2.18. The molecule has 32 heavy (non-hydrogen) atoms. The number of hydrogen-bond acceptors (Lipinski definition) is 5. The molecule has 0 aliphatic carbocycles. The fourth-order valence-electron chi connectivity index (χ4n) is 3.51. The van der Waals surface area contributed by atoms with Crippen molar-refractivity contribution in [3.05, 3.63) is 100 Å². The van der Waals surface area contributed by atoms with E-state index < -0.39 is 22.8 Å². The predicted octanol–water partition coefficient (Wildman–Crippen LogP) is 4.26. The highest BCUT2D eigenvalue weighted by atomic mass is 16.6. The van der Waals surface area contributed by atoms with Crippen molar-refractivity contribution in [2.75, 3.05) is 5.32 Å². The van der Waals surface area contributed by atoms with Gasteiger partial charge < -0.3 is 15.0 Å². The van der Waals surface area contributed by atoms with Crippen molar-refractivity contribution in [1.29, 1.82) is 0 Å². The van der Waals surface area contributed by atoms with Crippen LogP contribution in [0.15, 0.2) is 79.1 Å². The first kappa shape index (κ1) is 20.7. The smallest absolute Gasteiger partial charge is 0.305 e. The molecule has 1 unspecified atom stereocenters. The number of carbonyl (C=O) groups is 2. The number of fused-ring (bicyclic) bond motifs is 1. The Hall–Kier alpha value is -4.53. The number of nitro groups is 1. The van der Waals surface area contributed by atoms with Crippen molar-refractivity contribution in [3.63, 3.8) is 0 Å². The molecule has 160 valence electrons. The van der Waals surface area contributed by atoms with Crippen molar-refractivity contribution in [2.45, 2.75) is 12.5 Å². The van der Waals surface area contributed by atoms with Crippen LogP contribution in [0.3, 0.4) is 0 Å². The zero-order valence-corrected chi connectivity index (χ0v) is 16.7. The highest BCUT2D eigenvalue weighted by molar-refractivity contribution is 6.05. The van der Waals surface area contributed by atoms with Crippen LogP contribution in [0.2, 0.25) is 0 Å². The van der Waals surface area contributed by atoms with Gasteiger partial charge in [0, 0.05) is 23.4 Å². The second kappa shape index (κ2) is 8.68. The Bertz CT molecular complexity index is 1300. The third-order valence-electron chi connectivity index (χ3n) is 5.06. The fourth-order valence-corrected chi connectivity index (χ4v) is 3.51. The summed E-state index contributed by atoms with van der Waals surface area (Å²) in [6.07, 6.45) is 1.49. The molecule has 0 radical (unpaired) electrons. The molecule has 0 fully saturated rings. The molecule has 1 aromatic heterocycles. The fraction of sp³-hybridized carbons (Fsp3) is 0.0870. The summed E-state index contributed by atoms with van der Waals surface area (Å²) in [7, 11) is 0. The van der Waals surface area contributed by atoms with Gasteiger partial charge in [0.05, 0.1) is 34.7 Å². The molecule has 0 aliphatic rings. The standard InChI is InChI=1S/C23H18N4O5/c28-22(29)13-21(15-4-2-1-3-5-15)26-14-24-19-12-17(8-11-20(19)26)25-23(30)16-6-9-18(10-7-16)27(31)32/h1-12,14,21H,13H2,(H,25,30)(H,28,29). The molecule has 0 spiro atoms. The average Bonchev–Trinajstić information content (AvgIpc) is 3.21. The number of benzene rings is 3. The molecule has 9 nitrogen and oxygen atoms in total. The number of hydrogen-bond donors (Lipinski definition) is 2. The van der Waals surface area contributed by atoms with E-state index in [-0.39, 0.29) is 17.7 Å². The van der Waals surface area contributed by atoms with Crippen molar-refractivity contribution in [1.82, 2.24) is 9.55 Å². The number of imidazole rings is 1. The first-order valence-electron chi connectivity index (χ1n) is 9.71. The van der Waals surface area contributed by atoms with E-state index in [2.05, 4.69) is 10.3 Å². The van der Waals surface area contributed by atoms with Crippen LogP contribution >= 0.6 is 0 Å². The minimum absolute atomic E-state index is 0.0946. The lowest BCUT2D eigenvalue weighted by molar-refractivity contribution is -0.384. The van der Waals surface area contributed by atoms with E-state index in [1.165, 1.54) is 24.3 Å². The van der Waals surface area contributed by atoms with Gasteiger partial charge in [-0.15, -0.1) is 0 Å². The molecule has 1 atom stereocenters. The summed E-state index contributed by atoms with van der Waals surface area (Å²) >= 11 is 0. The zero-order valence-electron chi connectivity index (χ0n) is 16.7. The Labute approximate surface area is 182 Å². The van der Waals surface area contributed by atoms with Crippen LogP contribution in [0.5, 0.6) is 0 Å². The molecular weight excluding hydrogens is 412 g/mol. The summed E-state index contributed by atoms with van der Waals surface area (Å²) < 4.78 is 1.81. The maximum atomic E-state index is 12.5. The van der Waals surface area contributed by atoms with E-state index in [0.717, 1.165) is 11.1 Å². The Morgan fingerprint density at radius 3 is 2.44 bits per heavy atom. The van der Waals surface area contributed by atoms with Crippen molar-refractivity contribution in [2.24, 2.45) is 0 Å². The topological polar surface area (TPSA) is 127 Å². The predicted molar refractivity (Wildman–Crippen MR) is 118 cm³/mol. The number of aromatic nitrogens is 2. The lowest BCUT2D eigenvalue weighted by Crippen LogP contribution is -2.14. The van der Waals surface area contributed by atoms with Crippen LogP contribution in [-0.2, 0) is 4.79 Å². The van der Waals surface area contributed by atoms with Gasteiger partial charge >= 0.3 is 5.97 Å². The number of nitrogens with zero attached hydrogens (tertiary/aromatic N) is 3. The van der Waals surface area contributed by atoms with Gasteiger partial charge in [0.2, 0.25) is 0 Å². The molecule has 0 saturated heterocycles. The molecule has 4 aromatic rings. The number of aliphatic carboxylic acids is 1. The number of carbonyl (C=O) groups excluding carboxylic acids is 1. The van der Waals surface area contributed by atoms with E-state index in [4.69, 9.17) is 0 Å². The van der Waals surface area contributed by atoms with Crippen LogP contribution in [0.4, 0.5) is 11.4 Å². The largest absolute Gasteiger partial charge is 0.481 e. The SMILES string of the molecule is O=C(O)CC(c1ccccc1)n1cnc2cc(NC(=O)c3ccc([N+](=O)[O-])cc3)ccc21. The number of anilines is 1. The van der Waals surface area contributed by atoms with Crippen molar-refractivity contribution >= 4 is 34.3 Å². The number of nitrogens with one attached hydrogen (secondary N) is 1. The molecule has 0 bridgehead atoms. The minimum Gasteiger partial charge on any atom is -0.481 e. The Morgan fingerprint density at radius 1 is 1.06 bits per heavy atom. The van der Waals surface area contributed by atoms with E-state index in [1.807, 2.05) is 30.3 Å². The van der Waals surface area contributed by atoms with Crippen LogP contribution in [-0.4, -0.2) is 31.5 Å². The highest BCUT2D eigenvalue weighted by Crippen LogP contribution is 2.28. The first-order valence-corrected chi connectivity index (χ1v) is 9.71. The van der Waals surface area contributed by atoms with Crippen LogP contribution in [0.1, 0.15) is 28.4 Å². The van der Waals surface area contributed by atoms with E-state index in [1.54, 1.807) is 29.1 Å². The third kappa shape index (κ3) is 4.31. The number of rotatable bonds is 7. The first-order chi connectivity index (χ1) is 15.4. The zero-order chi connectivity index (χ0) is 22.7. The third-order valence-corrected chi connectivity index (χ3v) is 5.06. The average molecular weight is 430 g/mol. The molecule has 1 amide bonds. The molecule has 2 N–H and O–H groups in total. The molecule has 4 rings (SSSR count). The molecule has 3 aromatic carbocycles. The summed E-state index contributed by atoms with van der Waals surface area (Å²) in [5.41, 5.74) is 2.87. The van der Waals surface area contributed by atoms with Crippen LogP contribution in [0.25, 0.3) is 11.0 Å². The monoisotopic (exact) mass is 430 g/mol. The Morgan fingerprint density at radius 2 is 1.78 bits per heavy atom. The summed E-state index contributed by atoms with van der Waals surface area (Å²) in [5.74, 6) is -1.33. The second-order valence-electron chi connectivity index (χ2n) is 7.14. The summed E-state index contributed by atoms with van der Waals surface area (Å²) in [6, 6.07) is 19.4. The summed E-state index contributed by atoms with van der Waals surface area (Å²) in [6.45, 7) is 0. The van der Waals surface area contributed by atoms with Crippen LogP contribution in [0, 0.1) is 10.1 Å². The molecule has 9 heteroatoms. The van der Waals surface area contributed by atoms with Gasteiger partial charge in [0.15, 0.2) is 0 Å². The summed E-state index contributed by atoms with van der Waals surface area (Å²) in [4.78, 5) is 38.6. The van der Waals surface area contributed by atoms with Gasteiger partial charge in [-0.1, -0.05) is 30.3 Å². The van der Waals surface area contributed by atoms with Gasteiger partial charge in [-0.2, -0.15) is 0 Å². The van der Waals surface area contributed by atoms with Gasteiger partial charge in [0.25, 0.3) is 11.6 Å². The minimum atomic E-state index is -0.923. The maximum Gasteiger partial charge on any atom is 0.305 e. The number of nitro benzene ring substituents is 1. The van der Waals surface area contributed by atoms with Gasteiger partial charge in [-0.3, -0.25) is 19.7 Å². The maximum absolute atomic E-state index is 12.5. The van der Waals surface area contributed by atoms with Gasteiger partial charge in [-0.05, 0) is 35.9 Å². The van der Waals surface area contributed by atoms with E-state index in [0.29, 0.717) is 11.2 Å². The van der Waals surface area contributed by atoms with Gasteiger partial charge in [0.1, 0.15) is 0 Å². The molecule has 0 aliphatic heterocycles. The highest BCUT2D eigenvalue weighted by Gasteiger charge is 2.20. The quantitative estimate of drug-likeness (QED) is 0.333. The van der Waals surface area contributed by atoms with Crippen LogP contribution < -0.4 is 5.32 Å². The van der Waals surface area contributed by atoms with Gasteiger partial charge in [-0.25, -0.2) is 4.98 Å². The Balaban J connectivity index is 1.60. The van der Waals surface area contributed by atoms with E-state index in [9.17, 15) is 24.8 Å². The number of carboxylic acid groups (broad SMARTS) is 1. The number of non-ortho nitro benzene ring substituents is 1. The Kier molecular flexibility index (Phi) is 5.63.